The zero-order valence-electron chi connectivity index (χ0n) is 18.2. The van der Waals surface area contributed by atoms with Crippen molar-refractivity contribution in [3.05, 3.63) is 83.8 Å². The van der Waals surface area contributed by atoms with E-state index in [2.05, 4.69) is 21.4 Å². The van der Waals surface area contributed by atoms with Gasteiger partial charge in [0.2, 0.25) is 11.8 Å². The Kier molecular flexibility index (Phi) is 5.59. The van der Waals surface area contributed by atoms with E-state index in [1.165, 1.54) is 11.6 Å². The van der Waals surface area contributed by atoms with Gasteiger partial charge in [0.1, 0.15) is 5.75 Å². The average Bonchev–Trinajstić information content (AvgIpc) is 2.79. The third-order valence-electron chi connectivity index (χ3n) is 6.59. The minimum Gasteiger partial charge on any atom is -0.439 e. The molecule has 0 spiro atoms. The molecule has 0 aliphatic heterocycles. The normalized spacial score (nSPS) is 22.7. The Morgan fingerprint density at radius 1 is 1.12 bits per heavy atom. The number of pyridine rings is 2. The molecule has 2 aromatic heterocycles. The molecule has 3 saturated carbocycles. The fraction of sp³-hybridized carbons (Fsp3) is 0.269. The number of nitrogens with one attached hydrogen (secondary N) is 1. The number of ether oxygens (including phenoxy) is 1. The second-order valence-corrected chi connectivity index (χ2v) is 8.86. The summed E-state index contributed by atoms with van der Waals surface area (Å²) in [5.41, 5.74) is 1.84. The number of aromatic nitrogens is 2. The van der Waals surface area contributed by atoms with E-state index in [4.69, 9.17) is 4.74 Å². The number of fused-ring (bicyclic) bond motifs is 2. The number of benzene rings is 1. The van der Waals surface area contributed by atoms with Gasteiger partial charge in [0.05, 0.1) is 22.9 Å². The predicted octanol–water partition coefficient (Wildman–Crippen LogP) is 6.50. The Labute approximate surface area is 194 Å². The molecule has 8 heteroatoms. The number of alkyl halides is 3. The maximum atomic E-state index is 12.8. The number of amides is 1. The number of carbonyl (C=O) groups is 1. The summed E-state index contributed by atoms with van der Waals surface area (Å²) >= 11 is 0. The highest BCUT2D eigenvalue weighted by molar-refractivity contribution is 5.96. The molecule has 1 aromatic carbocycles. The molecule has 1 N–H and O–H groups in total. The molecular weight excluding hydrogens is 443 g/mol. The van der Waals surface area contributed by atoms with Crippen LogP contribution in [-0.2, 0) is 11.0 Å². The van der Waals surface area contributed by atoms with Gasteiger partial charge in [-0.2, -0.15) is 13.2 Å². The van der Waals surface area contributed by atoms with Crippen molar-refractivity contribution in [3.8, 4) is 11.6 Å². The quantitative estimate of drug-likeness (QED) is 0.467. The van der Waals surface area contributed by atoms with Gasteiger partial charge >= 0.3 is 6.18 Å². The molecule has 5 nitrogen and oxygen atoms in total. The van der Waals surface area contributed by atoms with Crippen molar-refractivity contribution in [2.75, 3.05) is 5.32 Å². The molecule has 0 unspecified atom stereocenters. The number of anilines is 1. The molecule has 6 rings (SSSR count). The summed E-state index contributed by atoms with van der Waals surface area (Å²) in [6.07, 6.45) is 5.07. The third-order valence-corrected chi connectivity index (χ3v) is 6.59. The number of rotatable bonds is 5. The monoisotopic (exact) mass is 465 g/mol. The number of carbonyl (C=O) groups excluding carboxylic acids is 1. The highest BCUT2D eigenvalue weighted by Crippen LogP contribution is 2.58. The Morgan fingerprint density at radius 3 is 2.62 bits per heavy atom. The summed E-state index contributed by atoms with van der Waals surface area (Å²) in [6.45, 7) is 0. The standard InChI is InChI=1S/C26H22F3N3O2/c27-26(28,29)20-6-7-23(31-15-20)34-22-5-1-3-17(12-22)11-18-8-9-25(13-19(18)14-25)24(33)32-21-4-2-10-30-16-21/h1-7,10-12,15-16,19H,8-9,13-14H2,(H,32,33)/b18-11+. The van der Waals surface area contributed by atoms with Crippen molar-refractivity contribution in [1.82, 2.24) is 9.97 Å². The topological polar surface area (TPSA) is 64.1 Å². The molecule has 0 radical (unpaired) electrons. The van der Waals surface area contributed by atoms with Crippen LogP contribution in [0.3, 0.4) is 0 Å². The molecule has 174 valence electrons. The van der Waals surface area contributed by atoms with Crippen LogP contribution < -0.4 is 10.1 Å². The average molecular weight is 465 g/mol. The first-order chi connectivity index (χ1) is 16.3. The zero-order chi connectivity index (χ0) is 23.8. The van der Waals surface area contributed by atoms with Gasteiger partial charge in [-0.1, -0.05) is 23.8 Å². The summed E-state index contributed by atoms with van der Waals surface area (Å²) in [4.78, 5) is 20.6. The van der Waals surface area contributed by atoms with Gasteiger partial charge in [0.25, 0.3) is 0 Å². The lowest BCUT2D eigenvalue weighted by molar-refractivity contribution is -0.138. The van der Waals surface area contributed by atoms with Crippen LogP contribution in [0.2, 0.25) is 0 Å². The van der Waals surface area contributed by atoms with Crippen molar-refractivity contribution < 1.29 is 22.7 Å². The Balaban J connectivity index is 1.23. The summed E-state index contributed by atoms with van der Waals surface area (Å²) in [5, 5.41) is 2.99. The second-order valence-electron chi connectivity index (χ2n) is 8.86. The van der Waals surface area contributed by atoms with Crippen LogP contribution in [0, 0.1) is 11.3 Å². The summed E-state index contributed by atoms with van der Waals surface area (Å²) in [6, 6.07) is 13.1. The molecular formula is C26H22F3N3O2. The van der Waals surface area contributed by atoms with Gasteiger partial charge in [-0.25, -0.2) is 4.98 Å². The van der Waals surface area contributed by atoms with Crippen molar-refractivity contribution in [3.63, 3.8) is 0 Å². The minimum absolute atomic E-state index is 0.0650. The van der Waals surface area contributed by atoms with Crippen LogP contribution in [0.1, 0.15) is 36.8 Å². The highest BCUT2D eigenvalue weighted by atomic mass is 19.4. The molecule has 34 heavy (non-hydrogen) atoms. The van der Waals surface area contributed by atoms with Gasteiger partial charge < -0.3 is 10.1 Å². The first-order valence-corrected chi connectivity index (χ1v) is 11.0. The Morgan fingerprint density at radius 2 is 1.97 bits per heavy atom. The summed E-state index contributed by atoms with van der Waals surface area (Å²) in [5.74, 6) is 1.03. The molecule has 0 atom stereocenters. The lowest BCUT2D eigenvalue weighted by Gasteiger charge is -2.52. The van der Waals surface area contributed by atoms with Crippen molar-refractivity contribution >= 4 is 17.7 Å². The Bertz CT molecular complexity index is 1210. The minimum atomic E-state index is -4.43. The number of hydrogen-bond acceptors (Lipinski definition) is 4. The van der Waals surface area contributed by atoms with E-state index in [-0.39, 0.29) is 17.2 Å². The molecule has 2 heterocycles. The van der Waals surface area contributed by atoms with Crippen LogP contribution in [0.15, 0.2) is 72.7 Å². The lowest BCUT2D eigenvalue weighted by atomic mass is 9.52. The number of allylic oxidation sites excluding steroid dienone is 1. The van der Waals surface area contributed by atoms with Crippen molar-refractivity contribution in [2.45, 2.75) is 31.9 Å². The van der Waals surface area contributed by atoms with E-state index in [0.717, 1.165) is 43.5 Å². The maximum Gasteiger partial charge on any atom is 0.417 e. The first-order valence-electron chi connectivity index (χ1n) is 11.0. The Hall–Kier alpha value is -3.68. The molecule has 3 aromatic rings. The second kappa shape index (κ2) is 8.59. The molecule has 3 aliphatic carbocycles. The smallest absolute Gasteiger partial charge is 0.417 e. The van der Waals surface area contributed by atoms with Crippen molar-refractivity contribution in [2.24, 2.45) is 11.3 Å². The van der Waals surface area contributed by atoms with E-state index in [1.54, 1.807) is 24.5 Å². The fourth-order valence-corrected chi connectivity index (χ4v) is 4.74. The van der Waals surface area contributed by atoms with Crippen LogP contribution in [0.5, 0.6) is 11.6 Å². The third kappa shape index (κ3) is 4.53. The first kappa shape index (κ1) is 22.1. The molecule has 2 bridgehead atoms. The maximum absolute atomic E-state index is 12.8. The number of hydrogen-bond donors (Lipinski definition) is 1. The number of halogens is 3. The predicted molar refractivity (Wildman–Crippen MR) is 121 cm³/mol. The fourth-order valence-electron chi connectivity index (χ4n) is 4.74. The molecule has 3 aliphatic rings. The summed E-state index contributed by atoms with van der Waals surface area (Å²) in [7, 11) is 0. The van der Waals surface area contributed by atoms with E-state index < -0.39 is 11.7 Å². The van der Waals surface area contributed by atoms with Gasteiger partial charge in [0, 0.05) is 18.5 Å². The highest BCUT2D eigenvalue weighted by Gasteiger charge is 2.53. The van der Waals surface area contributed by atoms with E-state index in [0.29, 0.717) is 17.4 Å². The zero-order valence-corrected chi connectivity index (χ0v) is 18.2. The van der Waals surface area contributed by atoms with E-state index in [1.807, 2.05) is 24.3 Å². The molecule has 1 amide bonds. The van der Waals surface area contributed by atoms with Gasteiger partial charge in [-0.05, 0) is 67.5 Å². The van der Waals surface area contributed by atoms with E-state index in [9.17, 15) is 18.0 Å². The molecule has 3 fully saturated rings. The van der Waals surface area contributed by atoms with Crippen LogP contribution in [-0.4, -0.2) is 15.9 Å². The van der Waals surface area contributed by atoms with Gasteiger partial charge in [-0.3, -0.25) is 9.78 Å². The lowest BCUT2D eigenvalue weighted by Crippen LogP contribution is -2.50. The summed E-state index contributed by atoms with van der Waals surface area (Å²) < 4.78 is 43.8. The van der Waals surface area contributed by atoms with Crippen LogP contribution in [0.25, 0.3) is 6.08 Å². The molecule has 0 saturated heterocycles. The van der Waals surface area contributed by atoms with Gasteiger partial charge in [-0.15, -0.1) is 0 Å². The number of nitrogens with zero attached hydrogens (tertiary/aromatic N) is 2. The largest absolute Gasteiger partial charge is 0.439 e. The SMILES string of the molecule is O=C(Nc1cccnc1)C12CC/C(=C\c3cccc(Oc4ccc(C(F)(F)F)cn4)c3)C(C1)C2. The van der Waals surface area contributed by atoms with E-state index >= 15 is 0 Å². The van der Waals surface area contributed by atoms with Crippen molar-refractivity contribution in [1.29, 1.82) is 0 Å². The van der Waals surface area contributed by atoms with Crippen LogP contribution >= 0.6 is 0 Å². The van der Waals surface area contributed by atoms with Gasteiger partial charge in [0.15, 0.2) is 0 Å². The van der Waals surface area contributed by atoms with Crippen LogP contribution in [0.4, 0.5) is 18.9 Å².